The number of ether oxygens (including phenoxy) is 1. The minimum absolute atomic E-state index is 0.0202. The number of carbonyl (C=O) groups excluding carboxylic acids is 1. The second-order valence-corrected chi connectivity index (χ2v) is 7.68. The maximum absolute atomic E-state index is 13.4. The van der Waals surface area contributed by atoms with Gasteiger partial charge in [0.1, 0.15) is 6.10 Å². The summed E-state index contributed by atoms with van der Waals surface area (Å²) in [5.41, 5.74) is 0.810. The van der Waals surface area contributed by atoms with E-state index in [1.54, 1.807) is 6.07 Å². The molecule has 0 bridgehead atoms. The van der Waals surface area contributed by atoms with E-state index in [0.717, 1.165) is 56.9 Å². The van der Waals surface area contributed by atoms with Gasteiger partial charge in [-0.2, -0.15) is 5.26 Å². The highest BCUT2D eigenvalue weighted by molar-refractivity contribution is 5.72. The Labute approximate surface area is 159 Å². The Kier molecular flexibility index (Phi) is 6.60. The monoisotopic (exact) mass is 373 g/mol. The first-order valence-corrected chi connectivity index (χ1v) is 9.78. The summed E-state index contributed by atoms with van der Waals surface area (Å²) in [5, 5.41) is 8.59. The molecule has 0 saturated heterocycles. The van der Waals surface area contributed by atoms with Crippen molar-refractivity contribution in [1.82, 2.24) is 0 Å². The van der Waals surface area contributed by atoms with Gasteiger partial charge in [-0.3, -0.25) is 4.79 Å². The van der Waals surface area contributed by atoms with Gasteiger partial charge in [-0.05, 0) is 80.9 Å². The molecule has 1 aromatic rings. The minimum atomic E-state index is -0.825. The first kappa shape index (κ1) is 19.5. The normalized spacial score (nSPS) is 28.6. The van der Waals surface area contributed by atoms with Crippen molar-refractivity contribution in [2.24, 2.45) is 11.8 Å². The van der Waals surface area contributed by atoms with Gasteiger partial charge >= 0.3 is 5.97 Å². The molecule has 27 heavy (non-hydrogen) atoms. The van der Waals surface area contributed by atoms with Crippen LogP contribution < -0.4 is 0 Å². The Hall–Kier alpha value is -2.22. The molecule has 0 N–H and O–H groups in total. The van der Waals surface area contributed by atoms with Gasteiger partial charge in [0.15, 0.2) is 11.6 Å². The topological polar surface area (TPSA) is 50.1 Å². The standard InChI is InChI=1S/C22H25F2NO2/c23-20-12-9-18(14-21(20)24)16-5-7-17(8-6-16)22(26)27-19-10-3-15(4-11-19)2-1-13-25/h1-2,9,12,14-17,19H,3-8,10-11H2. The van der Waals surface area contributed by atoms with Gasteiger partial charge < -0.3 is 4.74 Å². The molecule has 1 aromatic carbocycles. The number of allylic oxidation sites excluding steroid dienone is 2. The molecule has 0 aliphatic heterocycles. The molecule has 0 aromatic heterocycles. The predicted octanol–water partition coefficient (Wildman–Crippen LogP) is 5.42. The number of benzene rings is 1. The van der Waals surface area contributed by atoms with Crippen molar-refractivity contribution in [1.29, 1.82) is 5.26 Å². The predicted molar refractivity (Wildman–Crippen MR) is 97.6 cm³/mol. The summed E-state index contributed by atoms with van der Waals surface area (Å²) < 4.78 is 32.2. The van der Waals surface area contributed by atoms with Crippen LogP contribution in [0.1, 0.15) is 62.8 Å². The summed E-state index contributed by atoms with van der Waals surface area (Å²) in [6.45, 7) is 0. The van der Waals surface area contributed by atoms with Crippen LogP contribution in [0.5, 0.6) is 0 Å². The number of halogens is 2. The summed E-state index contributed by atoms with van der Waals surface area (Å²) >= 11 is 0. The van der Waals surface area contributed by atoms with Crippen LogP contribution in [0.15, 0.2) is 30.4 Å². The molecule has 2 saturated carbocycles. The SMILES string of the molecule is N#CC=CC1CCC(OC(=O)C2CCC(c3ccc(F)c(F)c3)CC2)CC1. The van der Waals surface area contributed by atoms with Crippen molar-refractivity contribution in [2.75, 3.05) is 0 Å². The zero-order chi connectivity index (χ0) is 19.2. The second kappa shape index (κ2) is 9.12. The maximum Gasteiger partial charge on any atom is 0.309 e. The summed E-state index contributed by atoms with van der Waals surface area (Å²) in [4.78, 5) is 12.5. The fraction of sp³-hybridized carbons (Fsp3) is 0.545. The molecule has 0 atom stereocenters. The third kappa shape index (κ3) is 5.15. The lowest BCUT2D eigenvalue weighted by atomic mass is 9.78. The van der Waals surface area contributed by atoms with Crippen LogP contribution in [-0.4, -0.2) is 12.1 Å². The van der Waals surface area contributed by atoms with Gasteiger partial charge in [0, 0.05) is 6.08 Å². The highest BCUT2D eigenvalue weighted by atomic mass is 19.2. The highest BCUT2D eigenvalue weighted by Gasteiger charge is 2.31. The van der Waals surface area contributed by atoms with E-state index in [0.29, 0.717) is 5.92 Å². The molecule has 3 rings (SSSR count). The highest BCUT2D eigenvalue weighted by Crippen LogP contribution is 2.37. The van der Waals surface area contributed by atoms with Crippen molar-refractivity contribution < 1.29 is 18.3 Å². The van der Waals surface area contributed by atoms with Gasteiger partial charge in [0.25, 0.3) is 0 Å². The zero-order valence-corrected chi connectivity index (χ0v) is 15.4. The fourth-order valence-corrected chi connectivity index (χ4v) is 4.27. The lowest BCUT2D eigenvalue weighted by Gasteiger charge is -2.31. The molecule has 3 nitrogen and oxygen atoms in total. The van der Waals surface area contributed by atoms with Crippen molar-refractivity contribution in [3.8, 4) is 6.07 Å². The summed E-state index contributed by atoms with van der Waals surface area (Å²) in [5.74, 6) is -1.27. The van der Waals surface area contributed by atoms with Gasteiger partial charge in [0.2, 0.25) is 0 Å². The molecule has 0 radical (unpaired) electrons. The third-order valence-electron chi connectivity index (χ3n) is 5.92. The Morgan fingerprint density at radius 2 is 1.74 bits per heavy atom. The minimum Gasteiger partial charge on any atom is -0.462 e. The van der Waals surface area contributed by atoms with Gasteiger partial charge in [0.05, 0.1) is 12.0 Å². The number of rotatable bonds is 4. The van der Waals surface area contributed by atoms with Gasteiger partial charge in [-0.25, -0.2) is 8.78 Å². The van der Waals surface area contributed by atoms with E-state index < -0.39 is 11.6 Å². The first-order valence-electron chi connectivity index (χ1n) is 9.78. The van der Waals surface area contributed by atoms with E-state index in [2.05, 4.69) is 0 Å². The van der Waals surface area contributed by atoms with Crippen LogP contribution in [0.4, 0.5) is 8.78 Å². The van der Waals surface area contributed by atoms with Crippen molar-refractivity contribution >= 4 is 5.97 Å². The Morgan fingerprint density at radius 3 is 2.37 bits per heavy atom. The molecule has 5 heteroatoms. The van der Waals surface area contributed by atoms with Crippen LogP contribution >= 0.6 is 0 Å². The average molecular weight is 373 g/mol. The molecule has 0 amide bonds. The Bertz CT molecular complexity index is 724. The number of nitrogens with zero attached hydrogens (tertiary/aromatic N) is 1. The lowest BCUT2D eigenvalue weighted by molar-refractivity contribution is -0.157. The maximum atomic E-state index is 13.4. The average Bonchev–Trinajstić information content (AvgIpc) is 2.69. The summed E-state index contributed by atoms with van der Waals surface area (Å²) in [6.07, 6.45) is 10.1. The number of hydrogen-bond acceptors (Lipinski definition) is 3. The Morgan fingerprint density at radius 1 is 1.04 bits per heavy atom. The molecule has 2 aliphatic carbocycles. The second-order valence-electron chi connectivity index (χ2n) is 7.68. The largest absolute Gasteiger partial charge is 0.462 e. The van der Waals surface area contributed by atoms with Gasteiger partial charge in [-0.15, -0.1) is 0 Å². The first-order chi connectivity index (χ1) is 13.1. The van der Waals surface area contributed by atoms with Crippen LogP contribution in [0.25, 0.3) is 0 Å². The van der Waals surface area contributed by atoms with E-state index in [1.807, 2.05) is 12.1 Å². The van der Waals surface area contributed by atoms with Crippen LogP contribution in [-0.2, 0) is 9.53 Å². The number of nitriles is 1. The lowest BCUT2D eigenvalue weighted by Crippen LogP contribution is -2.29. The van der Waals surface area contributed by atoms with Crippen LogP contribution in [0, 0.1) is 34.8 Å². The van der Waals surface area contributed by atoms with Crippen molar-refractivity contribution in [3.05, 3.63) is 47.5 Å². The molecule has 0 heterocycles. The third-order valence-corrected chi connectivity index (χ3v) is 5.92. The number of esters is 1. The fourth-order valence-electron chi connectivity index (χ4n) is 4.27. The number of carbonyl (C=O) groups is 1. The molecular formula is C22H25F2NO2. The van der Waals surface area contributed by atoms with Crippen molar-refractivity contribution in [3.63, 3.8) is 0 Å². The van der Waals surface area contributed by atoms with Crippen molar-refractivity contribution in [2.45, 2.75) is 63.4 Å². The summed E-state index contributed by atoms with van der Waals surface area (Å²) in [6, 6.07) is 6.11. The molecule has 2 aliphatic rings. The Balaban J connectivity index is 1.44. The quantitative estimate of drug-likeness (QED) is 0.523. The molecule has 144 valence electrons. The van der Waals surface area contributed by atoms with Crippen LogP contribution in [0.2, 0.25) is 0 Å². The van der Waals surface area contributed by atoms with Crippen LogP contribution in [0.3, 0.4) is 0 Å². The zero-order valence-electron chi connectivity index (χ0n) is 15.4. The molecule has 0 spiro atoms. The molecule has 2 fully saturated rings. The summed E-state index contributed by atoms with van der Waals surface area (Å²) in [7, 11) is 0. The molecule has 0 unspecified atom stereocenters. The van der Waals surface area contributed by atoms with E-state index in [-0.39, 0.29) is 23.9 Å². The van der Waals surface area contributed by atoms with E-state index in [4.69, 9.17) is 10.00 Å². The van der Waals surface area contributed by atoms with E-state index in [9.17, 15) is 13.6 Å². The van der Waals surface area contributed by atoms with E-state index in [1.165, 1.54) is 18.2 Å². The van der Waals surface area contributed by atoms with E-state index >= 15 is 0 Å². The number of hydrogen-bond donors (Lipinski definition) is 0. The van der Waals surface area contributed by atoms with Gasteiger partial charge in [-0.1, -0.05) is 12.1 Å². The smallest absolute Gasteiger partial charge is 0.309 e. The molecular weight excluding hydrogens is 348 g/mol.